The maximum atomic E-state index is 12.9. The standard InChI is InChI=1S/C22H23NO5/c1-13(2)12-18(25)19-20(14-8-10-15(28-3)11-9-14)23(22(27)21(19)26)16-6-4-5-7-17(16)24/h4-11,13,20,24,26H,12H2,1-3H3. The molecule has 0 radical (unpaired) electrons. The van der Waals surface area contributed by atoms with E-state index in [0.29, 0.717) is 11.3 Å². The number of hydrogen-bond donors (Lipinski definition) is 2. The lowest BCUT2D eigenvalue weighted by atomic mass is 9.92. The number of nitrogens with zero attached hydrogens (tertiary/aromatic N) is 1. The number of aliphatic hydroxyl groups excluding tert-OH is 1. The van der Waals surface area contributed by atoms with Crippen LogP contribution in [0.3, 0.4) is 0 Å². The molecule has 6 nitrogen and oxygen atoms in total. The zero-order valence-electron chi connectivity index (χ0n) is 16.0. The molecule has 0 fully saturated rings. The van der Waals surface area contributed by atoms with E-state index in [1.54, 1.807) is 49.6 Å². The predicted molar refractivity (Wildman–Crippen MR) is 105 cm³/mol. The van der Waals surface area contributed by atoms with Crippen molar-refractivity contribution in [3.8, 4) is 11.5 Å². The van der Waals surface area contributed by atoms with Gasteiger partial charge in [-0.1, -0.05) is 38.1 Å². The lowest BCUT2D eigenvalue weighted by Gasteiger charge is -2.27. The van der Waals surface area contributed by atoms with Gasteiger partial charge in [0.05, 0.1) is 24.4 Å². The highest BCUT2D eigenvalue weighted by molar-refractivity contribution is 6.17. The molecule has 2 N–H and O–H groups in total. The zero-order valence-corrected chi connectivity index (χ0v) is 16.0. The molecule has 1 atom stereocenters. The van der Waals surface area contributed by atoms with Crippen LogP contribution < -0.4 is 9.64 Å². The Kier molecular flexibility index (Phi) is 5.40. The summed E-state index contributed by atoms with van der Waals surface area (Å²) in [7, 11) is 1.55. The number of amides is 1. The van der Waals surface area contributed by atoms with Crippen LogP contribution in [0, 0.1) is 5.92 Å². The lowest BCUT2D eigenvalue weighted by molar-refractivity contribution is -0.118. The van der Waals surface area contributed by atoms with Crippen molar-refractivity contribution in [3.05, 3.63) is 65.4 Å². The molecule has 0 bridgehead atoms. The third-order valence-corrected chi connectivity index (χ3v) is 4.67. The Morgan fingerprint density at radius 1 is 1.11 bits per heavy atom. The number of benzene rings is 2. The maximum Gasteiger partial charge on any atom is 0.294 e. The SMILES string of the molecule is COc1ccc(C2C(C(=O)CC(C)C)=C(O)C(=O)N2c2ccccc2O)cc1. The van der Waals surface area contributed by atoms with E-state index in [4.69, 9.17) is 4.74 Å². The number of hydrogen-bond acceptors (Lipinski definition) is 5. The Morgan fingerprint density at radius 3 is 2.32 bits per heavy atom. The number of ether oxygens (including phenoxy) is 1. The smallest absolute Gasteiger partial charge is 0.294 e. The van der Waals surface area contributed by atoms with Gasteiger partial charge >= 0.3 is 0 Å². The number of anilines is 1. The van der Waals surface area contributed by atoms with Crippen molar-refractivity contribution >= 4 is 17.4 Å². The zero-order chi connectivity index (χ0) is 20.4. The number of ketones is 1. The van der Waals surface area contributed by atoms with Crippen LogP contribution in [0.2, 0.25) is 0 Å². The number of phenolic OH excluding ortho intramolecular Hbond substituents is 1. The summed E-state index contributed by atoms with van der Waals surface area (Å²) in [6.45, 7) is 3.80. The van der Waals surface area contributed by atoms with Gasteiger partial charge in [-0.3, -0.25) is 14.5 Å². The molecule has 1 aliphatic rings. The minimum atomic E-state index is -0.835. The second kappa shape index (κ2) is 7.76. The van der Waals surface area contributed by atoms with Crippen molar-refractivity contribution in [2.24, 2.45) is 5.92 Å². The van der Waals surface area contributed by atoms with Crippen LogP contribution in [0.25, 0.3) is 0 Å². The third-order valence-electron chi connectivity index (χ3n) is 4.67. The van der Waals surface area contributed by atoms with Gasteiger partial charge in [0.15, 0.2) is 11.5 Å². The predicted octanol–water partition coefficient (Wildman–Crippen LogP) is 3.92. The van der Waals surface area contributed by atoms with E-state index in [1.807, 2.05) is 13.8 Å². The Bertz CT molecular complexity index is 930. The van der Waals surface area contributed by atoms with E-state index in [9.17, 15) is 19.8 Å². The first-order valence-corrected chi connectivity index (χ1v) is 9.07. The summed E-state index contributed by atoms with van der Waals surface area (Å²) in [5, 5.41) is 20.9. The van der Waals surface area contributed by atoms with Gasteiger partial charge in [-0.2, -0.15) is 0 Å². The molecule has 0 saturated heterocycles. The molecule has 1 aliphatic heterocycles. The lowest BCUT2D eigenvalue weighted by Crippen LogP contribution is -2.31. The molecule has 1 amide bonds. The summed E-state index contributed by atoms with van der Waals surface area (Å²) >= 11 is 0. The number of para-hydroxylation sites is 2. The molecular weight excluding hydrogens is 358 g/mol. The normalized spacial score (nSPS) is 16.8. The fraction of sp³-hybridized carbons (Fsp3) is 0.273. The third kappa shape index (κ3) is 3.45. The molecule has 1 unspecified atom stereocenters. The molecule has 2 aromatic carbocycles. The van der Waals surface area contributed by atoms with Crippen molar-refractivity contribution in [3.63, 3.8) is 0 Å². The van der Waals surface area contributed by atoms with Gasteiger partial charge in [-0.25, -0.2) is 0 Å². The number of rotatable bonds is 6. The number of carbonyl (C=O) groups is 2. The number of aromatic hydroxyl groups is 1. The van der Waals surface area contributed by atoms with Gasteiger partial charge < -0.3 is 14.9 Å². The maximum absolute atomic E-state index is 12.9. The molecule has 0 aromatic heterocycles. The van der Waals surface area contributed by atoms with E-state index >= 15 is 0 Å². The highest BCUT2D eigenvalue weighted by Gasteiger charge is 2.44. The Labute approximate surface area is 163 Å². The van der Waals surface area contributed by atoms with Crippen LogP contribution in [0.1, 0.15) is 31.9 Å². The molecule has 6 heteroatoms. The van der Waals surface area contributed by atoms with Crippen LogP contribution in [0.5, 0.6) is 11.5 Å². The Morgan fingerprint density at radius 2 is 1.75 bits per heavy atom. The number of aliphatic hydroxyl groups is 1. The largest absolute Gasteiger partial charge is 0.506 e. The van der Waals surface area contributed by atoms with Crippen LogP contribution in [0.4, 0.5) is 5.69 Å². The minimum Gasteiger partial charge on any atom is -0.506 e. The van der Waals surface area contributed by atoms with Gasteiger partial charge in [-0.05, 0) is 35.7 Å². The molecule has 28 heavy (non-hydrogen) atoms. The van der Waals surface area contributed by atoms with Crippen molar-refractivity contribution in [2.45, 2.75) is 26.3 Å². The first-order valence-electron chi connectivity index (χ1n) is 9.07. The number of phenols is 1. The molecule has 146 valence electrons. The minimum absolute atomic E-state index is 0.0483. The second-order valence-corrected chi connectivity index (χ2v) is 7.12. The van der Waals surface area contributed by atoms with Crippen molar-refractivity contribution in [1.82, 2.24) is 0 Å². The molecule has 2 aromatic rings. The van der Waals surface area contributed by atoms with Gasteiger partial charge in [0.1, 0.15) is 11.5 Å². The summed E-state index contributed by atoms with van der Waals surface area (Å²) in [5.74, 6) is -0.993. The molecule has 0 spiro atoms. The average Bonchev–Trinajstić information content (AvgIpc) is 2.93. The topological polar surface area (TPSA) is 87.1 Å². The van der Waals surface area contributed by atoms with Gasteiger partial charge in [-0.15, -0.1) is 0 Å². The molecular formula is C22H23NO5. The fourth-order valence-electron chi connectivity index (χ4n) is 3.39. The average molecular weight is 381 g/mol. The van der Waals surface area contributed by atoms with Gasteiger partial charge in [0.25, 0.3) is 5.91 Å². The van der Waals surface area contributed by atoms with Crippen molar-refractivity contribution in [2.75, 3.05) is 12.0 Å². The van der Waals surface area contributed by atoms with E-state index in [-0.39, 0.29) is 35.1 Å². The Hall–Kier alpha value is -3.28. The quantitative estimate of drug-likeness (QED) is 0.792. The summed E-state index contributed by atoms with van der Waals surface area (Å²) in [6.07, 6.45) is 0.202. The number of Topliss-reactive ketones (excluding diaryl/α,β-unsaturated/α-hetero) is 1. The Balaban J connectivity index is 2.15. The summed E-state index contributed by atoms with van der Waals surface area (Å²) < 4.78 is 5.18. The number of carbonyl (C=O) groups excluding carboxylic acids is 2. The van der Waals surface area contributed by atoms with E-state index < -0.39 is 17.7 Å². The highest BCUT2D eigenvalue weighted by atomic mass is 16.5. The molecule has 1 heterocycles. The monoisotopic (exact) mass is 381 g/mol. The van der Waals surface area contributed by atoms with E-state index in [1.165, 1.54) is 11.0 Å². The second-order valence-electron chi connectivity index (χ2n) is 7.12. The fourth-order valence-corrected chi connectivity index (χ4v) is 3.39. The highest BCUT2D eigenvalue weighted by Crippen LogP contribution is 2.44. The van der Waals surface area contributed by atoms with Gasteiger partial charge in [0, 0.05) is 6.42 Å². The summed E-state index contributed by atoms with van der Waals surface area (Å²) in [5.41, 5.74) is 0.910. The summed E-state index contributed by atoms with van der Waals surface area (Å²) in [6, 6.07) is 12.4. The number of methoxy groups -OCH3 is 1. The molecule has 3 rings (SSSR count). The van der Waals surface area contributed by atoms with E-state index in [0.717, 1.165) is 0 Å². The summed E-state index contributed by atoms with van der Waals surface area (Å²) in [4.78, 5) is 27.1. The van der Waals surface area contributed by atoms with Gasteiger partial charge in [0.2, 0.25) is 0 Å². The van der Waals surface area contributed by atoms with Crippen LogP contribution in [-0.4, -0.2) is 29.0 Å². The van der Waals surface area contributed by atoms with Crippen LogP contribution >= 0.6 is 0 Å². The molecule has 0 aliphatic carbocycles. The van der Waals surface area contributed by atoms with Crippen LogP contribution in [-0.2, 0) is 9.59 Å². The van der Waals surface area contributed by atoms with E-state index in [2.05, 4.69) is 0 Å². The van der Waals surface area contributed by atoms with Crippen LogP contribution in [0.15, 0.2) is 59.9 Å². The molecule has 0 saturated carbocycles. The van der Waals surface area contributed by atoms with Crippen molar-refractivity contribution < 1.29 is 24.5 Å². The van der Waals surface area contributed by atoms with Crippen molar-refractivity contribution in [1.29, 1.82) is 0 Å². The first-order chi connectivity index (χ1) is 13.3. The first kappa shape index (κ1) is 19.5.